The van der Waals surface area contributed by atoms with Crippen molar-refractivity contribution in [1.82, 2.24) is 24.6 Å². The highest BCUT2D eigenvalue weighted by Gasteiger charge is 2.27. The number of methoxy groups -OCH3 is 1. The quantitative estimate of drug-likeness (QED) is 0.401. The molecule has 1 aromatic carbocycles. The number of nitrogens with two attached hydrogens (primary N) is 1. The van der Waals surface area contributed by atoms with E-state index in [1.807, 2.05) is 69.8 Å². The van der Waals surface area contributed by atoms with Gasteiger partial charge >= 0.3 is 6.09 Å². The molecular weight excluding hydrogens is 472 g/mol. The molecule has 0 spiro atoms. The summed E-state index contributed by atoms with van der Waals surface area (Å²) >= 11 is 0. The average molecular weight is 511 g/mol. The molecule has 2 aromatic heterocycles. The number of anilines is 5. The number of rotatable bonds is 6. The Bertz CT molecular complexity index is 1150. The molecule has 0 unspecified atom stereocenters. The molecule has 4 rings (SSSR count). The maximum Gasteiger partial charge on any atom is 0.410 e. The minimum absolute atomic E-state index is 0.198. The van der Waals surface area contributed by atoms with Gasteiger partial charge in [0.25, 0.3) is 0 Å². The zero-order chi connectivity index (χ0) is 27.0. The lowest BCUT2D eigenvalue weighted by molar-refractivity contribution is 0.0185. The van der Waals surface area contributed by atoms with Gasteiger partial charge in [0.05, 0.1) is 36.9 Å². The van der Waals surface area contributed by atoms with Crippen LogP contribution in [0.15, 0.2) is 42.9 Å². The molecule has 37 heavy (non-hydrogen) atoms. The summed E-state index contributed by atoms with van der Waals surface area (Å²) in [6, 6.07) is 7.66. The van der Waals surface area contributed by atoms with E-state index in [2.05, 4.69) is 25.7 Å². The number of hydrogen-bond donors (Lipinski definition) is 3. The first-order valence-corrected chi connectivity index (χ1v) is 12.5. The van der Waals surface area contributed by atoms with Crippen LogP contribution in [0.2, 0.25) is 0 Å². The lowest BCUT2D eigenvalue weighted by Gasteiger charge is -2.33. The molecule has 11 nitrogen and oxygen atoms in total. The number of nitrogens with zero attached hydrogens (tertiary/aromatic N) is 5. The van der Waals surface area contributed by atoms with Crippen LogP contribution in [0.25, 0.3) is 0 Å². The lowest BCUT2D eigenvalue weighted by atomic mass is 10.1. The molecule has 200 valence electrons. The Morgan fingerprint density at radius 2 is 1.73 bits per heavy atom. The van der Waals surface area contributed by atoms with Gasteiger partial charge in [-0.25, -0.2) is 9.78 Å². The van der Waals surface area contributed by atoms with Crippen LogP contribution in [0.1, 0.15) is 53.5 Å². The largest absolute Gasteiger partial charge is 0.497 e. The molecule has 0 bridgehead atoms. The Labute approximate surface area is 218 Å². The van der Waals surface area contributed by atoms with E-state index in [1.54, 1.807) is 24.4 Å². The summed E-state index contributed by atoms with van der Waals surface area (Å²) < 4.78 is 12.6. The molecular formula is C26H38N8O3. The van der Waals surface area contributed by atoms with Crippen molar-refractivity contribution in [1.29, 1.82) is 0 Å². The Morgan fingerprint density at radius 1 is 1.05 bits per heavy atom. The minimum atomic E-state index is -0.495. The van der Waals surface area contributed by atoms with Crippen LogP contribution in [0, 0.1) is 0 Å². The van der Waals surface area contributed by atoms with E-state index in [-0.39, 0.29) is 12.1 Å². The van der Waals surface area contributed by atoms with Crippen molar-refractivity contribution in [3.63, 3.8) is 0 Å². The molecule has 0 saturated carbocycles. The molecule has 1 saturated heterocycles. The van der Waals surface area contributed by atoms with Crippen molar-refractivity contribution in [2.24, 2.45) is 0 Å². The van der Waals surface area contributed by atoms with Crippen LogP contribution in [-0.2, 0) is 4.74 Å². The van der Waals surface area contributed by atoms with Crippen molar-refractivity contribution in [2.45, 2.75) is 59.1 Å². The fourth-order valence-corrected chi connectivity index (χ4v) is 3.73. The highest BCUT2D eigenvalue weighted by molar-refractivity contribution is 5.70. The van der Waals surface area contributed by atoms with Crippen LogP contribution in [-0.4, -0.2) is 56.5 Å². The van der Waals surface area contributed by atoms with Crippen LogP contribution in [0.5, 0.6) is 5.75 Å². The number of likely N-dealkylation sites (tertiary alicyclic amines) is 1. The number of aromatic nitrogens is 4. The normalized spacial score (nSPS) is 13.8. The number of piperidine rings is 1. The van der Waals surface area contributed by atoms with Gasteiger partial charge in [-0.1, -0.05) is 13.8 Å². The molecule has 0 aliphatic carbocycles. The Balaban J connectivity index is 0.00000186. The van der Waals surface area contributed by atoms with Gasteiger partial charge in [0.15, 0.2) is 5.82 Å². The standard InChI is InChI=1S/C24H32N8O3.C2H6/c1-24(2,3)35-23(33)31-11-9-18(10-12-31)32-15-17(13-27-32)29-22-26-14-20(25)21(30-22)28-16-5-7-19(34-4)8-6-16;1-2/h5-8,13-15,18H,9-12,25H2,1-4H3,(H2,26,28,29,30);1-2H3. The first-order valence-electron chi connectivity index (χ1n) is 12.5. The van der Waals surface area contributed by atoms with Crippen LogP contribution in [0.4, 0.5) is 33.6 Å². The molecule has 11 heteroatoms. The Hall–Kier alpha value is -4.02. The van der Waals surface area contributed by atoms with Crippen LogP contribution in [0.3, 0.4) is 0 Å². The summed E-state index contributed by atoms with van der Waals surface area (Å²) in [7, 11) is 1.62. The molecule has 4 N–H and O–H groups in total. The fourth-order valence-electron chi connectivity index (χ4n) is 3.73. The third kappa shape index (κ3) is 7.73. The summed E-state index contributed by atoms with van der Waals surface area (Å²) in [5.74, 6) is 1.66. The number of hydrogen-bond acceptors (Lipinski definition) is 9. The summed E-state index contributed by atoms with van der Waals surface area (Å²) in [6.07, 6.45) is 6.54. The Morgan fingerprint density at radius 3 is 2.35 bits per heavy atom. The van der Waals surface area contributed by atoms with Gasteiger partial charge in [0.2, 0.25) is 5.95 Å². The molecule has 1 aliphatic heterocycles. The number of nitrogen functional groups attached to an aromatic ring is 1. The average Bonchev–Trinajstić information content (AvgIpc) is 3.35. The smallest absolute Gasteiger partial charge is 0.410 e. The van der Waals surface area contributed by atoms with Crippen LogP contribution >= 0.6 is 0 Å². The molecule has 0 atom stereocenters. The molecule has 1 amide bonds. The van der Waals surface area contributed by atoms with Gasteiger partial charge in [0.1, 0.15) is 11.4 Å². The fraction of sp³-hybridized carbons (Fsp3) is 0.462. The second-order valence-electron chi connectivity index (χ2n) is 9.38. The Kier molecular flexibility index (Phi) is 9.15. The van der Waals surface area contributed by atoms with Gasteiger partial charge in [0, 0.05) is 25.0 Å². The van der Waals surface area contributed by atoms with E-state index in [1.165, 1.54) is 0 Å². The van der Waals surface area contributed by atoms with Gasteiger partial charge in [-0.05, 0) is 57.9 Å². The third-order valence-corrected chi connectivity index (χ3v) is 5.52. The number of amides is 1. The summed E-state index contributed by atoms with van der Waals surface area (Å²) in [5.41, 5.74) is 7.59. The summed E-state index contributed by atoms with van der Waals surface area (Å²) in [4.78, 5) is 22.8. The number of carbonyl (C=O) groups excluding carboxylic acids is 1. The molecule has 3 aromatic rings. The highest BCUT2D eigenvalue weighted by Crippen LogP contribution is 2.27. The van der Waals surface area contributed by atoms with Crippen molar-refractivity contribution in [3.8, 4) is 5.75 Å². The highest BCUT2D eigenvalue weighted by atomic mass is 16.6. The van der Waals surface area contributed by atoms with Crippen molar-refractivity contribution < 1.29 is 14.3 Å². The first kappa shape index (κ1) is 27.6. The van der Waals surface area contributed by atoms with Gasteiger partial charge in [-0.3, -0.25) is 4.68 Å². The topological polar surface area (TPSA) is 132 Å². The van der Waals surface area contributed by atoms with E-state index in [9.17, 15) is 4.79 Å². The van der Waals surface area contributed by atoms with Gasteiger partial charge < -0.3 is 30.7 Å². The summed E-state index contributed by atoms with van der Waals surface area (Å²) in [5, 5.41) is 10.9. The van der Waals surface area contributed by atoms with Crippen LogP contribution < -0.4 is 21.1 Å². The van der Waals surface area contributed by atoms with E-state index < -0.39 is 5.60 Å². The van der Waals surface area contributed by atoms with Gasteiger partial charge in [-0.2, -0.15) is 10.1 Å². The minimum Gasteiger partial charge on any atom is -0.497 e. The maximum atomic E-state index is 12.3. The summed E-state index contributed by atoms with van der Waals surface area (Å²) in [6.45, 7) is 10.9. The number of ether oxygens (including phenoxy) is 2. The predicted molar refractivity (Wildman–Crippen MR) is 146 cm³/mol. The zero-order valence-electron chi connectivity index (χ0n) is 22.5. The zero-order valence-corrected chi connectivity index (χ0v) is 22.5. The predicted octanol–water partition coefficient (Wildman–Crippen LogP) is 5.35. The van der Waals surface area contributed by atoms with Gasteiger partial charge in [-0.15, -0.1) is 0 Å². The molecule has 0 radical (unpaired) electrons. The number of nitrogens with one attached hydrogen (secondary N) is 2. The van der Waals surface area contributed by atoms with E-state index in [0.717, 1.165) is 30.0 Å². The maximum absolute atomic E-state index is 12.3. The monoisotopic (exact) mass is 510 g/mol. The van der Waals surface area contributed by atoms with E-state index in [4.69, 9.17) is 15.2 Å². The first-order chi connectivity index (χ1) is 17.7. The molecule has 1 aliphatic rings. The van der Waals surface area contributed by atoms with Crippen molar-refractivity contribution >= 4 is 34.9 Å². The number of carbonyl (C=O) groups is 1. The van der Waals surface area contributed by atoms with Crippen molar-refractivity contribution in [2.75, 3.05) is 36.6 Å². The van der Waals surface area contributed by atoms with E-state index >= 15 is 0 Å². The SMILES string of the molecule is CC.COc1ccc(Nc2nc(Nc3cnn(C4CCN(C(=O)OC(C)(C)C)CC4)c3)ncc2N)cc1. The molecule has 3 heterocycles. The number of benzene rings is 1. The third-order valence-electron chi connectivity index (χ3n) is 5.52. The molecule has 1 fully saturated rings. The van der Waals surface area contributed by atoms with E-state index in [0.29, 0.717) is 30.5 Å². The second-order valence-corrected chi connectivity index (χ2v) is 9.38. The lowest BCUT2D eigenvalue weighted by Crippen LogP contribution is -2.42. The second kappa shape index (κ2) is 12.3. The van der Waals surface area contributed by atoms with Crippen molar-refractivity contribution in [3.05, 3.63) is 42.9 Å².